The van der Waals surface area contributed by atoms with E-state index in [2.05, 4.69) is 10.2 Å². The monoisotopic (exact) mass is 290 g/mol. The Morgan fingerprint density at radius 1 is 1.05 bits per heavy atom. The fraction of sp³-hybridized carbons (Fsp3) is 0.0769. The lowest BCUT2D eigenvalue weighted by atomic mass is 10.2. The van der Waals surface area contributed by atoms with E-state index < -0.39 is 7.67 Å². The van der Waals surface area contributed by atoms with Crippen LogP contribution in [0.1, 0.15) is 0 Å². The van der Waals surface area contributed by atoms with Crippen LogP contribution in [0.2, 0.25) is 0 Å². The van der Waals surface area contributed by atoms with Crippen molar-refractivity contribution in [2.75, 3.05) is 17.2 Å². The Hall–Kier alpha value is -2.33. The van der Waals surface area contributed by atoms with Crippen LogP contribution in [0, 0.1) is 4.91 Å². The summed E-state index contributed by atoms with van der Waals surface area (Å²) in [6.07, 6.45) is 0. The molecule has 1 aliphatic rings. The van der Waals surface area contributed by atoms with Crippen LogP contribution >= 0.6 is 7.67 Å². The minimum Gasteiger partial charge on any atom is -0.414 e. The van der Waals surface area contributed by atoms with Gasteiger partial charge in [0.25, 0.3) is 5.69 Å². The number of nitroso groups, excluding NO2 is 1. The van der Waals surface area contributed by atoms with Gasteiger partial charge in [-0.3, -0.25) is 10.2 Å². The highest BCUT2D eigenvalue weighted by Gasteiger charge is 2.37. The molecule has 0 spiro atoms. The summed E-state index contributed by atoms with van der Waals surface area (Å²) in [6.45, 7) is 0. The lowest BCUT2D eigenvalue weighted by molar-refractivity contribution is -0.427. The largest absolute Gasteiger partial charge is 0.444 e. The minimum atomic E-state index is -3.31. The first-order valence-corrected chi connectivity index (χ1v) is 7.65. The summed E-state index contributed by atoms with van der Waals surface area (Å²) in [6, 6.07) is 14.0. The molecule has 1 heterocycles. The number of para-hydroxylation sites is 2. The van der Waals surface area contributed by atoms with Crippen molar-refractivity contribution in [3.8, 4) is 5.75 Å². The van der Waals surface area contributed by atoms with E-state index in [9.17, 15) is 9.47 Å². The maximum Gasteiger partial charge on any atom is 0.444 e. The third kappa shape index (κ3) is 2.26. The van der Waals surface area contributed by atoms with Gasteiger partial charge in [0.15, 0.2) is 7.05 Å². The van der Waals surface area contributed by atoms with Crippen molar-refractivity contribution in [3.05, 3.63) is 53.4 Å². The van der Waals surface area contributed by atoms with Crippen molar-refractivity contribution >= 4 is 24.7 Å². The Morgan fingerprint density at radius 3 is 2.50 bits per heavy atom. The van der Waals surface area contributed by atoms with Crippen LogP contribution in [0.4, 0.5) is 17.1 Å². The number of hydrogen-bond acceptors (Lipinski definition) is 3. The molecule has 0 radical (unpaired) electrons. The number of benzene rings is 2. The Labute approximate surface area is 115 Å². The molecule has 1 atom stereocenters. The number of fused-ring (bicyclic) bond motifs is 1. The molecule has 20 heavy (non-hydrogen) atoms. The van der Waals surface area contributed by atoms with E-state index in [-0.39, 0.29) is 0 Å². The highest BCUT2D eigenvalue weighted by molar-refractivity contribution is 7.63. The molecule has 0 saturated carbocycles. The molecule has 0 bridgehead atoms. The van der Waals surface area contributed by atoms with E-state index in [0.29, 0.717) is 27.6 Å². The molecule has 2 N–H and O–H groups in total. The number of nitrogens with zero attached hydrogens (tertiary/aromatic N) is 1. The summed E-state index contributed by atoms with van der Waals surface area (Å²) in [5.74, 6) is 0.487. The van der Waals surface area contributed by atoms with Crippen molar-refractivity contribution in [3.63, 3.8) is 0 Å². The van der Waals surface area contributed by atoms with Crippen LogP contribution < -0.4 is 14.7 Å². The van der Waals surface area contributed by atoms with Crippen LogP contribution in [-0.2, 0) is 4.57 Å². The number of anilines is 2. The first-order valence-electron chi connectivity index (χ1n) is 6.02. The molecule has 1 aliphatic heterocycles. The number of hydrogen-bond donors (Lipinski definition) is 2. The van der Waals surface area contributed by atoms with Crippen LogP contribution in [0.5, 0.6) is 5.75 Å². The number of nitrogens with one attached hydrogen (secondary N) is 2. The van der Waals surface area contributed by atoms with E-state index in [0.717, 1.165) is 0 Å². The lowest BCUT2D eigenvalue weighted by Gasteiger charge is -2.13. The molecule has 0 fully saturated rings. The zero-order valence-corrected chi connectivity index (χ0v) is 11.6. The second kappa shape index (κ2) is 4.65. The van der Waals surface area contributed by atoms with Gasteiger partial charge in [0.1, 0.15) is 11.4 Å². The average Bonchev–Trinajstić information content (AvgIpc) is 2.74. The topological polar surface area (TPSA) is 70.4 Å². The van der Waals surface area contributed by atoms with Crippen LogP contribution in [0.15, 0.2) is 48.5 Å². The molecule has 102 valence electrons. The van der Waals surface area contributed by atoms with Crippen molar-refractivity contribution in [2.24, 2.45) is 0 Å². The molecular weight excluding hydrogens is 277 g/mol. The third-order valence-corrected chi connectivity index (χ3v) is 4.41. The van der Waals surface area contributed by atoms with Crippen molar-refractivity contribution in [2.45, 2.75) is 0 Å². The minimum absolute atomic E-state index is 0.407. The van der Waals surface area contributed by atoms with Gasteiger partial charge in [0.05, 0.1) is 5.69 Å². The second-order valence-corrected chi connectivity index (χ2v) is 6.11. The van der Waals surface area contributed by atoms with Crippen LogP contribution in [0.3, 0.4) is 0 Å². The summed E-state index contributed by atoms with van der Waals surface area (Å²) in [4.78, 5) is 11.5. The number of rotatable bonds is 3. The van der Waals surface area contributed by atoms with E-state index in [1.54, 1.807) is 42.5 Å². The standard InChI is InChI=1S/C13H13N3O3P/c1-16(17)12-9-5-8-11-13(12)15-20(18,14-11)19-10-6-3-2-4-7-10/h2-9H,1H3,(H2,14,15,18)/q+1. The van der Waals surface area contributed by atoms with Crippen molar-refractivity contribution in [1.29, 1.82) is 0 Å². The van der Waals surface area contributed by atoms with E-state index in [1.165, 1.54) is 7.05 Å². The summed E-state index contributed by atoms with van der Waals surface area (Å²) in [5.41, 5.74) is 1.48. The Kier molecular flexibility index (Phi) is 2.95. The predicted octanol–water partition coefficient (Wildman–Crippen LogP) is 3.75. The highest BCUT2D eigenvalue weighted by atomic mass is 31.2. The van der Waals surface area contributed by atoms with Gasteiger partial charge in [-0.15, -0.1) is 0 Å². The maximum atomic E-state index is 12.6. The van der Waals surface area contributed by atoms with Gasteiger partial charge in [-0.1, -0.05) is 24.3 Å². The van der Waals surface area contributed by atoms with Crippen LogP contribution in [-0.4, -0.2) is 11.8 Å². The summed E-state index contributed by atoms with van der Waals surface area (Å²) >= 11 is 0. The smallest absolute Gasteiger partial charge is 0.414 e. The molecule has 0 amide bonds. The molecule has 1 unspecified atom stereocenters. The quantitative estimate of drug-likeness (QED) is 0.665. The molecule has 3 rings (SSSR count). The first kappa shape index (κ1) is 12.7. The Bertz CT molecular complexity index is 718. The van der Waals surface area contributed by atoms with Gasteiger partial charge in [0.2, 0.25) is 0 Å². The second-order valence-electron chi connectivity index (χ2n) is 4.38. The van der Waals surface area contributed by atoms with Gasteiger partial charge in [-0.05, 0) is 18.2 Å². The van der Waals surface area contributed by atoms with Crippen LogP contribution in [0.25, 0.3) is 0 Å². The molecule has 0 aliphatic carbocycles. The van der Waals surface area contributed by atoms with E-state index >= 15 is 0 Å². The fourth-order valence-electron chi connectivity index (χ4n) is 2.02. The highest BCUT2D eigenvalue weighted by Crippen LogP contribution is 2.56. The Morgan fingerprint density at radius 2 is 1.80 bits per heavy atom. The molecule has 7 heteroatoms. The molecule has 0 aromatic heterocycles. The maximum absolute atomic E-state index is 12.6. The zero-order valence-electron chi connectivity index (χ0n) is 10.7. The summed E-state index contributed by atoms with van der Waals surface area (Å²) < 4.78 is 18.9. The van der Waals surface area contributed by atoms with E-state index in [4.69, 9.17) is 4.52 Å². The SMILES string of the molecule is C[N+](=O)c1cccc2c1NP(=O)(Oc1ccccc1)N2. The normalized spacial score (nSPS) is 19.6. The summed E-state index contributed by atoms with van der Waals surface area (Å²) in [7, 11) is -1.92. The average molecular weight is 290 g/mol. The molecule has 2 aromatic rings. The van der Waals surface area contributed by atoms with Gasteiger partial charge >= 0.3 is 7.67 Å². The van der Waals surface area contributed by atoms with Gasteiger partial charge in [-0.2, -0.15) is 0 Å². The van der Waals surface area contributed by atoms with Gasteiger partial charge in [-0.25, -0.2) is 4.57 Å². The van der Waals surface area contributed by atoms with Gasteiger partial charge in [0, 0.05) is 15.7 Å². The van der Waals surface area contributed by atoms with E-state index in [1.807, 2.05) is 6.07 Å². The van der Waals surface area contributed by atoms with Crippen molar-refractivity contribution < 1.29 is 13.8 Å². The zero-order chi connectivity index (χ0) is 14.2. The molecular formula is C13H13N3O3P+. The fourth-order valence-corrected chi connectivity index (χ4v) is 3.62. The third-order valence-electron chi connectivity index (χ3n) is 2.89. The summed E-state index contributed by atoms with van der Waals surface area (Å²) in [5, 5.41) is 5.60. The van der Waals surface area contributed by atoms with Crippen molar-refractivity contribution in [1.82, 2.24) is 0 Å². The lowest BCUT2D eigenvalue weighted by Crippen LogP contribution is -2.04. The molecule has 6 nitrogen and oxygen atoms in total. The Balaban J connectivity index is 1.92. The molecule has 0 saturated heterocycles. The predicted molar refractivity (Wildman–Crippen MR) is 77.6 cm³/mol. The first-order chi connectivity index (χ1) is 9.57. The molecule has 2 aromatic carbocycles. The van der Waals surface area contributed by atoms with Gasteiger partial charge < -0.3 is 4.52 Å².